The Balaban J connectivity index is 1.77. The molecule has 1 atom stereocenters. The van der Waals surface area contributed by atoms with E-state index in [1.165, 1.54) is 22.6 Å². The summed E-state index contributed by atoms with van der Waals surface area (Å²) in [5.41, 5.74) is 0. The third-order valence-electron chi connectivity index (χ3n) is 3.51. The minimum absolute atomic E-state index is 0.489. The first-order valence-electron chi connectivity index (χ1n) is 6.69. The third kappa shape index (κ3) is 3.80. The number of hydrogen-bond donors (Lipinski definition) is 1. The Kier molecular flexibility index (Phi) is 5.01. The second-order valence-corrected chi connectivity index (χ2v) is 6.04. The van der Waals surface area contributed by atoms with Gasteiger partial charge in [0.15, 0.2) is 0 Å². The van der Waals surface area contributed by atoms with Gasteiger partial charge in [-0.2, -0.15) is 0 Å². The maximum absolute atomic E-state index is 5.38. The fourth-order valence-electron chi connectivity index (χ4n) is 2.21. The third-order valence-corrected chi connectivity index (χ3v) is 4.92. The summed E-state index contributed by atoms with van der Waals surface area (Å²) in [6.45, 7) is 7.50. The molecule has 1 unspecified atom stereocenters. The van der Waals surface area contributed by atoms with Crippen molar-refractivity contribution in [3.8, 4) is 0 Å². The quantitative estimate of drug-likeness (QED) is 0.868. The van der Waals surface area contributed by atoms with Crippen molar-refractivity contribution >= 4 is 11.3 Å². The van der Waals surface area contributed by atoms with Gasteiger partial charge in [-0.1, -0.05) is 6.92 Å². The molecule has 0 aromatic carbocycles. The average Bonchev–Trinajstić information content (AvgIpc) is 2.86. The van der Waals surface area contributed by atoms with Crippen molar-refractivity contribution < 1.29 is 4.74 Å². The van der Waals surface area contributed by atoms with Crippen LogP contribution in [0.4, 0.5) is 0 Å². The Hall–Kier alpha value is -0.380. The van der Waals surface area contributed by atoms with Crippen molar-refractivity contribution in [2.45, 2.75) is 39.2 Å². The van der Waals surface area contributed by atoms with Gasteiger partial charge < -0.3 is 10.1 Å². The predicted octanol–water partition coefficient (Wildman–Crippen LogP) is 3.39. The zero-order chi connectivity index (χ0) is 12.1. The van der Waals surface area contributed by atoms with Crippen LogP contribution in [0.25, 0.3) is 0 Å². The van der Waals surface area contributed by atoms with E-state index in [0.717, 1.165) is 32.1 Å². The predicted molar refractivity (Wildman–Crippen MR) is 73.7 cm³/mol. The van der Waals surface area contributed by atoms with E-state index in [2.05, 4.69) is 31.3 Å². The zero-order valence-corrected chi connectivity index (χ0v) is 11.7. The fourth-order valence-corrected chi connectivity index (χ4v) is 3.19. The molecule has 0 radical (unpaired) electrons. The highest BCUT2D eigenvalue weighted by atomic mass is 32.1. The van der Waals surface area contributed by atoms with Gasteiger partial charge in [0.1, 0.15) is 0 Å². The first kappa shape index (κ1) is 13.1. The van der Waals surface area contributed by atoms with Crippen LogP contribution in [0.2, 0.25) is 0 Å². The van der Waals surface area contributed by atoms with E-state index < -0.39 is 0 Å². The summed E-state index contributed by atoms with van der Waals surface area (Å²) in [5, 5.41) is 3.66. The van der Waals surface area contributed by atoms with Crippen molar-refractivity contribution in [1.29, 1.82) is 0 Å². The van der Waals surface area contributed by atoms with Crippen molar-refractivity contribution in [2.75, 3.05) is 19.8 Å². The zero-order valence-electron chi connectivity index (χ0n) is 10.9. The van der Waals surface area contributed by atoms with Gasteiger partial charge in [-0.25, -0.2) is 0 Å². The molecule has 3 heteroatoms. The van der Waals surface area contributed by atoms with E-state index in [1.807, 2.05) is 11.3 Å². The van der Waals surface area contributed by atoms with E-state index in [4.69, 9.17) is 4.74 Å². The summed E-state index contributed by atoms with van der Waals surface area (Å²) in [4.78, 5) is 2.95. The second kappa shape index (κ2) is 6.53. The Morgan fingerprint density at radius 1 is 1.41 bits per heavy atom. The van der Waals surface area contributed by atoms with Crippen LogP contribution in [0, 0.1) is 5.92 Å². The van der Waals surface area contributed by atoms with Crippen molar-refractivity contribution in [1.82, 2.24) is 5.32 Å². The summed E-state index contributed by atoms with van der Waals surface area (Å²) in [6, 6.07) is 5.01. The van der Waals surface area contributed by atoms with Gasteiger partial charge in [-0.05, 0) is 50.8 Å². The molecule has 2 heterocycles. The SMILES string of the molecule is CCc1ccc(C(C)NCC2CCOCC2)s1. The first-order chi connectivity index (χ1) is 8.29. The lowest BCUT2D eigenvalue weighted by atomic mass is 10.00. The van der Waals surface area contributed by atoms with Gasteiger partial charge in [-0.3, -0.25) is 0 Å². The molecule has 2 nitrogen and oxygen atoms in total. The molecule has 1 fully saturated rings. The molecule has 1 aliphatic heterocycles. The monoisotopic (exact) mass is 253 g/mol. The van der Waals surface area contributed by atoms with Crippen LogP contribution in [0.15, 0.2) is 12.1 Å². The Labute approximate surface area is 108 Å². The van der Waals surface area contributed by atoms with E-state index in [1.54, 1.807) is 0 Å². The van der Waals surface area contributed by atoms with Crippen molar-refractivity contribution in [2.24, 2.45) is 5.92 Å². The molecule has 0 amide bonds. The van der Waals surface area contributed by atoms with Crippen LogP contribution in [0.1, 0.15) is 42.5 Å². The molecular weight excluding hydrogens is 230 g/mol. The molecule has 0 spiro atoms. The molecule has 0 aliphatic carbocycles. The summed E-state index contributed by atoms with van der Waals surface area (Å²) >= 11 is 1.94. The van der Waals surface area contributed by atoms with Gasteiger partial charge >= 0.3 is 0 Å². The van der Waals surface area contributed by atoms with Crippen LogP contribution in [0.3, 0.4) is 0 Å². The van der Waals surface area contributed by atoms with Gasteiger partial charge in [0.2, 0.25) is 0 Å². The number of nitrogens with one attached hydrogen (secondary N) is 1. The van der Waals surface area contributed by atoms with Crippen LogP contribution < -0.4 is 5.32 Å². The average molecular weight is 253 g/mol. The van der Waals surface area contributed by atoms with Crippen LogP contribution >= 0.6 is 11.3 Å². The lowest BCUT2D eigenvalue weighted by molar-refractivity contribution is 0.0656. The summed E-state index contributed by atoms with van der Waals surface area (Å²) in [5.74, 6) is 0.803. The number of ether oxygens (including phenoxy) is 1. The Bertz CT molecular complexity index is 331. The lowest BCUT2D eigenvalue weighted by Gasteiger charge is -2.24. The maximum Gasteiger partial charge on any atom is 0.0469 e. The van der Waals surface area contributed by atoms with Crippen LogP contribution in [-0.4, -0.2) is 19.8 Å². The van der Waals surface area contributed by atoms with Gasteiger partial charge in [0.05, 0.1) is 0 Å². The molecule has 96 valence electrons. The molecule has 1 aromatic rings. The highest BCUT2D eigenvalue weighted by molar-refractivity contribution is 7.12. The Morgan fingerprint density at radius 3 is 2.82 bits per heavy atom. The summed E-state index contributed by atoms with van der Waals surface area (Å²) in [7, 11) is 0. The molecule has 1 N–H and O–H groups in total. The van der Waals surface area contributed by atoms with Crippen LogP contribution in [-0.2, 0) is 11.2 Å². The molecular formula is C14H23NOS. The highest BCUT2D eigenvalue weighted by Crippen LogP contribution is 2.24. The van der Waals surface area contributed by atoms with Crippen LogP contribution in [0.5, 0.6) is 0 Å². The topological polar surface area (TPSA) is 21.3 Å². The smallest absolute Gasteiger partial charge is 0.0469 e. The minimum atomic E-state index is 0.489. The summed E-state index contributed by atoms with van der Waals surface area (Å²) < 4.78 is 5.38. The number of rotatable bonds is 5. The number of thiophene rings is 1. The molecule has 1 aliphatic rings. The Morgan fingerprint density at radius 2 is 2.18 bits per heavy atom. The van der Waals surface area contributed by atoms with Crippen molar-refractivity contribution in [3.05, 3.63) is 21.9 Å². The fraction of sp³-hybridized carbons (Fsp3) is 0.714. The maximum atomic E-state index is 5.38. The van der Waals surface area contributed by atoms with E-state index in [0.29, 0.717) is 6.04 Å². The minimum Gasteiger partial charge on any atom is -0.381 e. The largest absolute Gasteiger partial charge is 0.381 e. The van der Waals surface area contributed by atoms with Gasteiger partial charge in [0.25, 0.3) is 0 Å². The van der Waals surface area contributed by atoms with Gasteiger partial charge in [-0.15, -0.1) is 11.3 Å². The number of hydrogen-bond acceptors (Lipinski definition) is 3. The first-order valence-corrected chi connectivity index (χ1v) is 7.51. The molecule has 1 aromatic heterocycles. The lowest BCUT2D eigenvalue weighted by Crippen LogP contribution is -2.29. The van der Waals surface area contributed by atoms with E-state index >= 15 is 0 Å². The summed E-state index contributed by atoms with van der Waals surface area (Å²) in [6.07, 6.45) is 3.58. The van der Waals surface area contributed by atoms with Gasteiger partial charge in [0, 0.05) is 29.0 Å². The molecule has 17 heavy (non-hydrogen) atoms. The normalized spacial score (nSPS) is 19.4. The molecule has 0 bridgehead atoms. The second-order valence-electron chi connectivity index (χ2n) is 4.84. The van der Waals surface area contributed by atoms with E-state index in [-0.39, 0.29) is 0 Å². The standard InChI is InChI=1S/C14H23NOS/c1-3-13-4-5-14(17-13)11(2)15-10-12-6-8-16-9-7-12/h4-5,11-12,15H,3,6-10H2,1-2H3. The van der Waals surface area contributed by atoms with E-state index in [9.17, 15) is 0 Å². The molecule has 0 saturated carbocycles. The molecule has 1 saturated heterocycles. The molecule has 2 rings (SSSR count). The highest BCUT2D eigenvalue weighted by Gasteiger charge is 2.15. The number of aryl methyl sites for hydroxylation is 1. The van der Waals surface area contributed by atoms with Crippen molar-refractivity contribution in [3.63, 3.8) is 0 Å².